The molecule has 0 radical (unpaired) electrons. The van der Waals surface area contributed by atoms with Crippen molar-refractivity contribution in [2.75, 3.05) is 12.9 Å². The van der Waals surface area contributed by atoms with Crippen LogP contribution < -0.4 is 10.0 Å². The number of carbonyl (C=O) groups excluding carboxylic acids is 1. The Labute approximate surface area is 122 Å². The summed E-state index contributed by atoms with van der Waals surface area (Å²) < 4.78 is 25.0. The highest BCUT2D eigenvalue weighted by atomic mass is 32.2. The van der Waals surface area contributed by atoms with Crippen molar-refractivity contribution in [3.63, 3.8) is 0 Å². The second-order valence-electron chi connectivity index (χ2n) is 6.09. The molecular weight excluding hydrogens is 280 g/mol. The van der Waals surface area contributed by atoms with Crippen LogP contribution in [0.1, 0.15) is 40.5 Å². The Bertz CT molecular complexity index is 393. The van der Waals surface area contributed by atoms with Crippen LogP contribution in [0.3, 0.4) is 0 Å². The van der Waals surface area contributed by atoms with E-state index in [0.29, 0.717) is 18.8 Å². The minimum absolute atomic E-state index is 0.156. The molecule has 0 aliphatic carbocycles. The first-order chi connectivity index (χ1) is 9.05. The summed E-state index contributed by atoms with van der Waals surface area (Å²) in [4.78, 5) is 12.2. The Morgan fingerprint density at radius 2 is 1.60 bits per heavy atom. The van der Waals surface area contributed by atoms with Crippen molar-refractivity contribution < 1.29 is 18.3 Å². The summed E-state index contributed by atoms with van der Waals surface area (Å²) in [6.07, 6.45) is 2.10. The van der Waals surface area contributed by atoms with Crippen LogP contribution in [0, 0.1) is 11.8 Å². The monoisotopic (exact) mass is 308 g/mol. The van der Waals surface area contributed by atoms with Gasteiger partial charge in [0.1, 0.15) is 6.04 Å². The van der Waals surface area contributed by atoms with Gasteiger partial charge in [-0.1, -0.05) is 27.7 Å². The van der Waals surface area contributed by atoms with Crippen molar-refractivity contribution in [3.05, 3.63) is 0 Å². The zero-order valence-corrected chi connectivity index (χ0v) is 13.8. The Hall–Kier alpha value is -0.660. The number of hydrogen-bond acceptors (Lipinski definition) is 4. The summed E-state index contributed by atoms with van der Waals surface area (Å²) in [5.74, 6) is 0.125. The molecule has 0 heterocycles. The maximum absolute atomic E-state index is 12.2. The van der Waals surface area contributed by atoms with Gasteiger partial charge in [-0.05, 0) is 24.7 Å². The molecule has 0 aliphatic rings. The van der Waals surface area contributed by atoms with Gasteiger partial charge in [-0.25, -0.2) is 13.1 Å². The maximum atomic E-state index is 12.2. The maximum Gasteiger partial charge on any atom is 0.238 e. The average Bonchev–Trinajstić information content (AvgIpc) is 2.23. The zero-order valence-electron chi connectivity index (χ0n) is 13.0. The van der Waals surface area contributed by atoms with E-state index in [1.807, 2.05) is 27.7 Å². The summed E-state index contributed by atoms with van der Waals surface area (Å²) in [6.45, 7) is 7.67. The lowest BCUT2D eigenvalue weighted by Gasteiger charge is -2.23. The topological polar surface area (TPSA) is 95.5 Å². The summed E-state index contributed by atoms with van der Waals surface area (Å²) in [7, 11) is -3.45. The molecule has 7 heteroatoms. The van der Waals surface area contributed by atoms with E-state index in [0.717, 1.165) is 6.26 Å². The minimum Gasteiger partial charge on any atom is -0.394 e. The molecule has 0 aliphatic heterocycles. The van der Waals surface area contributed by atoms with Gasteiger partial charge in [0.15, 0.2) is 0 Å². The van der Waals surface area contributed by atoms with Crippen molar-refractivity contribution in [1.29, 1.82) is 0 Å². The van der Waals surface area contributed by atoms with Gasteiger partial charge in [-0.2, -0.15) is 0 Å². The first kappa shape index (κ1) is 19.3. The highest BCUT2D eigenvalue weighted by molar-refractivity contribution is 7.88. The highest BCUT2D eigenvalue weighted by Gasteiger charge is 2.25. The van der Waals surface area contributed by atoms with E-state index in [9.17, 15) is 18.3 Å². The molecule has 2 unspecified atom stereocenters. The van der Waals surface area contributed by atoms with Crippen molar-refractivity contribution in [1.82, 2.24) is 10.0 Å². The van der Waals surface area contributed by atoms with Crippen LogP contribution in [0.5, 0.6) is 0 Å². The first-order valence-electron chi connectivity index (χ1n) is 6.93. The third-order valence-corrected chi connectivity index (χ3v) is 3.42. The predicted molar refractivity (Wildman–Crippen MR) is 79.7 cm³/mol. The van der Waals surface area contributed by atoms with Gasteiger partial charge in [0.25, 0.3) is 0 Å². The SMILES string of the molecule is CC(C)CC(CO)NC(=O)C(CC(C)C)NS(C)(=O)=O. The van der Waals surface area contributed by atoms with Crippen LogP contribution in [0.25, 0.3) is 0 Å². The quantitative estimate of drug-likeness (QED) is 0.577. The molecule has 0 aromatic rings. The van der Waals surface area contributed by atoms with E-state index in [1.54, 1.807) is 0 Å². The average molecular weight is 308 g/mol. The first-order valence-corrected chi connectivity index (χ1v) is 8.82. The lowest BCUT2D eigenvalue weighted by Crippen LogP contribution is -2.51. The summed E-state index contributed by atoms with van der Waals surface area (Å²) in [5.41, 5.74) is 0. The molecular formula is C13H28N2O4S. The van der Waals surface area contributed by atoms with Crippen molar-refractivity contribution in [2.24, 2.45) is 11.8 Å². The number of sulfonamides is 1. The number of nitrogens with one attached hydrogen (secondary N) is 2. The van der Waals surface area contributed by atoms with Gasteiger partial charge < -0.3 is 10.4 Å². The fourth-order valence-electron chi connectivity index (χ4n) is 1.99. The smallest absolute Gasteiger partial charge is 0.238 e. The van der Waals surface area contributed by atoms with Crippen LogP contribution in [0.15, 0.2) is 0 Å². The third-order valence-electron chi connectivity index (χ3n) is 2.70. The molecule has 2 atom stereocenters. The molecule has 0 bridgehead atoms. The zero-order chi connectivity index (χ0) is 15.9. The fourth-order valence-corrected chi connectivity index (χ4v) is 2.71. The summed E-state index contributed by atoms with van der Waals surface area (Å²) in [5, 5.41) is 12.0. The molecule has 6 nitrogen and oxygen atoms in total. The Balaban J connectivity index is 4.76. The molecule has 1 amide bonds. The Morgan fingerprint density at radius 3 is 1.95 bits per heavy atom. The molecule has 0 rings (SSSR count). The number of rotatable bonds is 9. The minimum atomic E-state index is -3.45. The van der Waals surface area contributed by atoms with Gasteiger partial charge in [0.2, 0.25) is 15.9 Å². The Morgan fingerprint density at radius 1 is 1.10 bits per heavy atom. The summed E-state index contributed by atoms with van der Waals surface area (Å²) >= 11 is 0. The molecule has 20 heavy (non-hydrogen) atoms. The van der Waals surface area contributed by atoms with Crippen LogP contribution in [0.2, 0.25) is 0 Å². The molecule has 3 N–H and O–H groups in total. The normalized spacial score (nSPS) is 15.4. The van der Waals surface area contributed by atoms with Crippen molar-refractivity contribution in [3.8, 4) is 0 Å². The van der Waals surface area contributed by atoms with E-state index in [4.69, 9.17) is 0 Å². The van der Waals surface area contributed by atoms with Crippen LogP contribution in [-0.2, 0) is 14.8 Å². The second-order valence-corrected chi connectivity index (χ2v) is 7.87. The largest absolute Gasteiger partial charge is 0.394 e. The van der Waals surface area contributed by atoms with E-state index >= 15 is 0 Å². The van der Waals surface area contributed by atoms with Gasteiger partial charge in [0.05, 0.1) is 18.9 Å². The number of amides is 1. The third kappa shape index (κ3) is 9.28. The lowest BCUT2D eigenvalue weighted by molar-refractivity contribution is -0.124. The van der Waals surface area contributed by atoms with Crippen LogP contribution in [0.4, 0.5) is 0 Å². The number of carbonyl (C=O) groups is 1. The highest BCUT2D eigenvalue weighted by Crippen LogP contribution is 2.08. The molecule has 0 aromatic heterocycles. The number of aliphatic hydroxyl groups is 1. The Kier molecular flexibility index (Phi) is 8.30. The van der Waals surface area contributed by atoms with E-state index in [-0.39, 0.29) is 24.5 Å². The molecule has 0 saturated carbocycles. The number of hydrogen-bond donors (Lipinski definition) is 3. The standard InChI is InChI=1S/C13H28N2O4S/c1-9(2)6-11(8-16)14-13(17)12(7-10(3)4)15-20(5,18)19/h9-12,15-16H,6-8H2,1-5H3,(H,14,17). The molecule has 0 spiro atoms. The van der Waals surface area contributed by atoms with Gasteiger partial charge >= 0.3 is 0 Å². The molecule has 0 aromatic carbocycles. The molecule has 0 saturated heterocycles. The van der Waals surface area contributed by atoms with Crippen LogP contribution >= 0.6 is 0 Å². The van der Waals surface area contributed by atoms with E-state index < -0.39 is 16.1 Å². The summed E-state index contributed by atoms with van der Waals surface area (Å²) in [6, 6.07) is -1.15. The van der Waals surface area contributed by atoms with Crippen molar-refractivity contribution in [2.45, 2.75) is 52.6 Å². The predicted octanol–water partition coefficient (Wildman–Crippen LogP) is 0.474. The molecule has 0 fully saturated rings. The molecule has 120 valence electrons. The van der Waals surface area contributed by atoms with Crippen LogP contribution in [-0.4, -0.2) is 44.4 Å². The van der Waals surface area contributed by atoms with Gasteiger partial charge in [-0.3, -0.25) is 4.79 Å². The van der Waals surface area contributed by atoms with Gasteiger partial charge in [0, 0.05) is 0 Å². The van der Waals surface area contributed by atoms with Gasteiger partial charge in [-0.15, -0.1) is 0 Å². The second kappa shape index (κ2) is 8.59. The van der Waals surface area contributed by atoms with E-state index in [1.165, 1.54) is 0 Å². The van der Waals surface area contributed by atoms with E-state index in [2.05, 4.69) is 10.0 Å². The number of aliphatic hydroxyl groups excluding tert-OH is 1. The fraction of sp³-hybridized carbons (Fsp3) is 0.923. The van der Waals surface area contributed by atoms with Crippen molar-refractivity contribution >= 4 is 15.9 Å². The lowest BCUT2D eigenvalue weighted by atomic mass is 10.0.